The van der Waals surface area contributed by atoms with E-state index in [1.165, 1.54) is 37.3 Å². The fraction of sp³-hybridized carbons (Fsp3) is 0.167. The normalized spacial score (nSPS) is 10.3. The fourth-order valence-corrected chi connectivity index (χ4v) is 2.00. The van der Waals surface area contributed by atoms with E-state index in [0.29, 0.717) is 11.3 Å². The molecule has 0 unspecified atom stereocenters. The zero-order valence-corrected chi connectivity index (χ0v) is 13.7. The molecular weight excluding hydrogens is 348 g/mol. The lowest BCUT2D eigenvalue weighted by molar-refractivity contribution is -0.119. The molecule has 0 saturated heterocycles. The maximum Gasteiger partial charge on any atom is 0.387 e. The van der Waals surface area contributed by atoms with Crippen LogP contribution in [-0.4, -0.2) is 30.9 Å². The van der Waals surface area contributed by atoms with E-state index in [1.807, 2.05) is 0 Å². The van der Waals surface area contributed by atoms with Gasteiger partial charge < -0.3 is 14.8 Å². The van der Waals surface area contributed by atoms with Gasteiger partial charge in [-0.15, -0.1) is 0 Å². The van der Waals surface area contributed by atoms with Gasteiger partial charge in [0.2, 0.25) is 0 Å². The highest BCUT2D eigenvalue weighted by molar-refractivity contribution is 5.98. The minimum atomic E-state index is -2.96. The summed E-state index contributed by atoms with van der Waals surface area (Å²) in [5, 5.41) is 2.50. The predicted octanol–water partition coefficient (Wildman–Crippen LogP) is 3.29. The third-order valence-electron chi connectivity index (χ3n) is 3.20. The van der Waals surface area contributed by atoms with Gasteiger partial charge in [0.1, 0.15) is 5.75 Å². The molecule has 6 nitrogen and oxygen atoms in total. The van der Waals surface area contributed by atoms with Crippen LogP contribution in [0.5, 0.6) is 5.75 Å². The lowest BCUT2D eigenvalue weighted by atomic mass is 10.1. The molecule has 0 spiro atoms. The number of rotatable bonds is 7. The Hall–Kier alpha value is -3.29. The van der Waals surface area contributed by atoms with E-state index < -0.39 is 25.1 Å². The minimum absolute atomic E-state index is 0.0815. The third-order valence-corrected chi connectivity index (χ3v) is 3.20. The van der Waals surface area contributed by atoms with Crippen LogP contribution in [0.4, 0.5) is 14.5 Å². The van der Waals surface area contributed by atoms with Crippen molar-refractivity contribution in [1.29, 1.82) is 0 Å². The van der Waals surface area contributed by atoms with E-state index in [-0.39, 0.29) is 17.1 Å². The zero-order valence-electron chi connectivity index (χ0n) is 13.7. The van der Waals surface area contributed by atoms with Gasteiger partial charge in [-0.05, 0) is 43.3 Å². The van der Waals surface area contributed by atoms with Crippen molar-refractivity contribution in [1.82, 2.24) is 0 Å². The maximum absolute atomic E-state index is 12.1. The number of nitrogens with one attached hydrogen (secondary N) is 1. The van der Waals surface area contributed by atoms with Crippen LogP contribution in [0.25, 0.3) is 0 Å². The number of amides is 1. The summed E-state index contributed by atoms with van der Waals surface area (Å²) in [5.41, 5.74) is 0.913. The summed E-state index contributed by atoms with van der Waals surface area (Å²) >= 11 is 0. The Labute approximate surface area is 147 Å². The molecule has 0 aliphatic carbocycles. The van der Waals surface area contributed by atoms with Crippen molar-refractivity contribution in [3.8, 4) is 5.75 Å². The number of carbonyl (C=O) groups excluding carboxylic acids is 3. The summed E-state index contributed by atoms with van der Waals surface area (Å²) in [6.07, 6.45) is 0. The van der Waals surface area contributed by atoms with Crippen LogP contribution < -0.4 is 10.1 Å². The summed E-state index contributed by atoms with van der Waals surface area (Å²) in [5.74, 6) is -1.62. The van der Waals surface area contributed by atoms with Crippen molar-refractivity contribution in [2.75, 3.05) is 11.9 Å². The predicted molar refractivity (Wildman–Crippen MR) is 88.4 cm³/mol. The van der Waals surface area contributed by atoms with Crippen LogP contribution >= 0.6 is 0 Å². The first-order valence-electron chi connectivity index (χ1n) is 7.48. The van der Waals surface area contributed by atoms with Gasteiger partial charge >= 0.3 is 12.6 Å². The average Bonchev–Trinajstić information content (AvgIpc) is 2.60. The van der Waals surface area contributed by atoms with Crippen molar-refractivity contribution in [2.45, 2.75) is 13.5 Å². The third kappa shape index (κ3) is 5.66. The first-order valence-corrected chi connectivity index (χ1v) is 7.48. The molecular formula is C18H15F2NO5. The molecule has 8 heteroatoms. The van der Waals surface area contributed by atoms with Crippen molar-refractivity contribution in [3.63, 3.8) is 0 Å². The second kappa shape index (κ2) is 8.70. The Morgan fingerprint density at radius 2 is 1.73 bits per heavy atom. The molecule has 0 bridgehead atoms. The SMILES string of the molecule is CC(=O)c1cccc(NC(=O)COC(=O)c2ccc(OC(F)F)cc2)c1. The number of carbonyl (C=O) groups is 3. The molecule has 0 atom stereocenters. The molecule has 0 aliphatic heterocycles. The molecule has 0 aliphatic rings. The lowest BCUT2D eigenvalue weighted by Crippen LogP contribution is -2.21. The van der Waals surface area contributed by atoms with Gasteiger partial charge in [0.25, 0.3) is 5.91 Å². The topological polar surface area (TPSA) is 81.7 Å². The first-order chi connectivity index (χ1) is 12.3. The second-order valence-corrected chi connectivity index (χ2v) is 5.16. The lowest BCUT2D eigenvalue weighted by Gasteiger charge is -2.08. The number of halogens is 2. The standard InChI is InChI=1S/C18H15F2NO5/c1-11(22)13-3-2-4-14(9-13)21-16(23)10-25-17(24)12-5-7-15(8-6-12)26-18(19)20/h2-9,18H,10H2,1H3,(H,21,23). The van der Waals surface area contributed by atoms with Gasteiger partial charge in [-0.1, -0.05) is 12.1 Å². The molecule has 1 amide bonds. The van der Waals surface area contributed by atoms with Crippen LogP contribution in [0.3, 0.4) is 0 Å². The molecule has 136 valence electrons. The highest BCUT2D eigenvalue weighted by Gasteiger charge is 2.12. The highest BCUT2D eigenvalue weighted by atomic mass is 19.3. The number of ketones is 1. The summed E-state index contributed by atoms with van der Waals surface area (Å²) in [6, 6.07) is 11.2. The van der Waals surface area contributed by atoms with Crippen LogP contribution in [0.15, 0.2) is 48.5 Å². The first kappa shape index (κ1) is 19.0. The van der Waals surface area contributed by atoms with E-state index in [4.69, 9.17) is 4.74 Å². The highest BCUT2D eigenvalue weighted by Crippen LogP contribution is 2.15. The molecule has 0 saturated carbocycles. The van der Waals surface area contributed by atoms with Crippen LogP contribution in [-0.2, 0) is 9.53 Å². The molecule has 0 fully saturated rings. The van der Waals surface area contributed by atoms with E-state index in [0.717, 1.165) is 0 Å². The Bertz CT molecular complexity index is 805. The number of ether oxygens (including phenoxy) is 2. The number of benzene rings is 2. The summed E-state index contributed by atoms with van der Waals surface area (Å²) in [4.78, 5) is 35.0. The number of hydrogen-bond donors (Lipinski definition) is 1. The number of Topliss-reactive ketones (excluding diaryl/α,β-unsaturated/α-hetero) is 1. The van der Waals surface area contributed by atoms with Gasteiger partial charge in [-0.25, -0.2) is 4.79 Å². The molecule has 0 radical (unpaired) electrons. The van der Waals surface area contributed by atoms with E-state index in [2.05, 4.69) is 10.1 Å². The second-order valence-electron chi connectivity index (χ2n) is 5.16. The Morgan fingerprint density at radius 1 is 1.04 bits per heavy atom. The van der Waals surface area contributed by atoms with Crippen molar-refractivity contribution in [3.05, 3.63) is 59.7 Å². The monoisotopic (exact) mass is 363 g/mol. The quantitative estimate of drug-likeness (QED) is 0.603. The molecule has 1 N–H and O–H groups in total. The van der Waals surface area contributed by atoms with Gasteiger partial charge in [0, 0.05) is 11.3 Å². The Balaban J connectivity index is 1.87. The summed E-state index contributed by atoms with van der Waals surface area (Å²) in [7, 11) is 0. The molecule has 26 heavy (non-hydrogen) atoms. The summed E-state index contributed by atoms with van der Waals surface area (Å²) in [6.45, 7) is -2.10. The zero-order chi connectivity index (χ0) is 19.1. The fourth-order valence-electron chi connectivity index (χ4n) is 2.00. The number of esters is 1. The van der Waals surface area contributed by atoms with Crippen LogP contribution in [0, 0.1) is 0 Å². The minimum Gasteiger partial charge on any atom is -0.452 e. The van der Waals surface area contributed by atoms with Gasteiger partial charge in [-0.3, -0.25) is 9.59 Å². The average molecular weight is 363 g/mol. The van der Waals surface area contributed by atoms with Gasteiger partial charge in [-0.2, -0.15) is 8.78 Å². The maximum atomic E-state index is 12.1. The van der Waals surface area contributed by atoms with E-state index in [9.17, 15) is 23.2 Å². The Morgan fingerprint density at radius 3 is 2.35 bits per heavy atom. The van der Waals surface area contributed by atoms with Gasteiger partial charge in [0.05, 0.1) is 5.56 Å². The van der Waals surface area contributed by atoms with Crippen molar-refractivity contribution >= 4 is 23.3 Å². The molecule has 2 rings (SSSR count). The summed E-state index contributed by atoms with van der Waals surface area (Å²) < 4.78 is 33.1. The van der Waals surface area contributed by atoms with E-state index >= 15 is 0 Å². The Kier molecular flexibility index (Phi) is 6.37. The van der Waals surface area contributed by atoms with Crippen LogP contribution in [0.1, 0.15) is 27.6 Å². The molecule has 2 aromatic rings. The van der Waals surface area contributed by atoms with Crippen molar-refractivity contribution in [2.24, 2.45) is 0 Å². The number of hydrogen-bond acceptors (Lipinski definition) is 5. The van der Waals surface area contributed by atoms with Crippen molar-refractivity contribution < 1.29 is 32.6 Å². The van der Waals surface area contributed by atoms with Gasteiger partial charge in [0.15, 0.2) is 12.4 Å². The largest absolute Gasteiger partial charge is 0.452 e. The van der Waals surface area contributed by atoms with Crippen LogP contribution in [0.2, 0.25) is 0 Å². The molecule has 0 heterocycles. The molecule has 0 aromatic heterocycles. The van der Waals surface area contributed by atoms with E-state index in [1.54, 1.807) is 18.2 Å². The number of anilines is 1. The molecule has 2 aromatic carbocycles. The smallest absolute Gasteiger partial charge is 0.387 e. The number of alkyl halides is 2.